The van der Waals surface area contributed by atoms with Crippen LogP contribution in [0.5, 0.6) is 0 Å². The van der Waals surface area contributed by atoms with Crippen molar-refractivity contribution in [3.63, 3.8) is 0 Å². The SMILES string of the molecule is C.C.CC(C)c1c(F)cccc1-c1ncc2c(n1)N(Cc1ccc(-n3cc4c(n3)CNC4)cc1)C(=O)C2.CC(C)c1c(F)cccc1-c1ncc2c(n1)N(Cc1ccc(-n3ncc4c3CNC4)cc1)C(=O)C2.CC(C)c1ccccc1-c1ncc2c(n1)N(Cc1ccc(-n3ncc4c3CNC4)cc1)C(=O)C2.Cn1cc(C(F)(F)F)nc1-c1ccc(Cn2c(=O)n(C3CC3)c3cnc(-c4cccnc4C4CC4)nc32)cc1. The second kappa shape index (κ2) is 39.7. The van der Waals surface area contributed by atoms with Gasteiger partial charge in [0.1, 0.15) is 40.4 Å². The normalized spacial score (nSPS) is 14.8. The summed E-state index contributed by atoms with van der Waals surface area (Å²) in [6, 6.07) is 53.6. The first-order valence-electron chi connectivity index (χ1n) is 48.2. The molecule has 25 rings (SSSR count). The van der Waals surface area contributed by atoms with Crippen LogP contribution in [0.4, 0.5) is 39.4 Å². The average Bonchev–Trinajstić information content (AvgIpc) is 1.58. The molecular weight excluding hydrogens is 1840 g/mol. The van der Waals surface area contributed by atoms with Crippen LogP contribution < -0.4 is 36.3 Å². The number of alkyl halides is 3. The van der Waals surface area contributed by atoms with Crippen LogP contribution in [-0.2, 0) is 112 Å². The van der Waals surface area contributed by atoms with Gasteiger partial charge >= 0.3 is 11.9 Å². The minimum absolute atomic E-state index is 0. The van der Waals surface area contributed by atoms with Crippen molar-refractivity contribution in [1.82, 2.24) is 109 Å². The molecule has 3 amide bonds. The highest BCUT2D eigenvalue weighted by Crippen LogP contribution is 2.45. The molecule has 0 spiro atoms. The van der Waals surface area contributed by atoms with Crippen molar-refractivity contribution in [3.05, 3.63) is 349 Å². The number of hydrogen-bond acceptors (Lipinski definition) is 20. The third kappa shape index (κ3) is 19.1. The highest BCUT2D eigenvalue weighted by molar-refractivity contribution is 6.02. The largest absolute Gasteiger partial charge is 0.434 e. The van der Waals surface area contributed by atoms with Gasteiger partial charge in [0.15, 0.2) is 34.6 Å². The minimum Gasteiger partial charge on any atom is -0.333 e. The number of carbonyl (C=O) groups excluding carboxylic acids is 3. The van der Waals surface area contributed by atoms with Crippen LogP contribution in [0.15, 0.2) is 230 Å². The standard InChI is InChI=1S/C28H24F3N7O.2C27H25FN6O.C27H26N6O.2CH4/c1-36-15-22(28(29,30)31)34-25(36)18-6-4-16(5-7-18)14-37-26-21(38(27(37)39)19-10-11-19)13-33-24(35-26)20-3-2-12-32-23(20)17-8-9-17;1-16(2)25-21(4-3-5-22(25)28)26-30-12-18-10-24(35)33(27(18)32-26)15-17-6-8-20(9-7-17)34-23-14-29-11-19(23)13-31-34;1-16(2)25-21(4-3-5-22(25)28)26-30-12-18-10-24(35)33(27(18)31-26)14-17-6-8-20(9-7-17)34-15-19-11-29-13-23(19)32-34;1-17(2)22-5-3-4-6-23(22)26-29-13-19-11-25(34)32(27(19)31-26)16-18-7-9-21(10-8-18)33-24-15-28-12-20(24)14-30-33;;/h2-7,12-13,15,17,19H,8-11,14H2,1H3;3-9,12-13,16,29H,10-11,14-15H2,1-2H3;3-9,12,15-16,29H,10-11,13-14H2,1-2H3;3-10,13-14,17,28H,11-12,15-16H2,1-2H3;2*1H4. The van der Waals surface area contributed by atoms with Gasteiger partial charge in [0.05, 0.1) is 104 Å². The van der Waals surface area contributed by atoms with E-state index in [4.69, 9.17) is 19.9 Å². The van der Waals surface area contributed by atoms with Gasteiger partial charge in [-0.15, -0.1) is 0 Å². The maximum absolute atomic E-state index is 14.6. The van der Waals surface area contributed by atoms with Crippen LogP contribution in [-0.4, -0.2) is 111 Å². The number of amides is 3. The van der Waals surface area contributed by atoms with Crippen molar-refractivity contribution in [2.45, 2.75) is 203 Å². The molecule has 3 N–H and O–H groups in total. The fraction of sp³-hybridized carbons (Fsp3) is 0.288. The number of imidazole rings is 2. The summed E-state index contributed by atoms with van der Waals surface area (Å²) < 4.78 is 79.1. The molecule has 0 saturated heterocycles. The maximum atomic E-state index is 14.6. The van der Waals surface area contributed by atoms with Gasteiger partial charge in [-0.2, -0.15) is 28.5 Å². The summed E-state index contributed by atoms with van der Waals surface area (Å²) in [6.07, 6.45) is 16.0. The lowest BCUT2D eigenvalue weighted by molar-refractivity contribution is -0.141. The first kappa shape index (κ1) is 96.5. The lowest BCUT2D eigenvalue weighted by Gasteiger charge is -2.18. The molecule has 2 fully saturated rings. The second-order valence-corrected chi connectivity index (χ2v) is 38.3. The number of halogens is 5. The highest BCUT2D eigenvalue weighted by atomic mass is 19.4. The zero-order valence-electron chi connectivity index (χ0n) is 79.6. The molecule has 6 aliphatic heterocycles. The van der Waals surface area contributed by atoms with Crippen LogP contribution >= 0.6 is 0 Å². The molecule has 17 aromatic rings. The molecule has 2 aliphatic carbocycles. The van der Waals surface area contributed by atoms with E-state index in [-0.39, 0.29) is 93.0 Å². The predicted molar refractivity (Wildman–Crippen MR) is 543 cm³/mol. The number of carbonyl (C=O) groups is 3. The Morgan fingerprint density at radius 3 is 1.37 bits per heavy atom. The fourth-order valence-electron chi connectivity index (χ4n) is 19.8. The van der Waals surface area contributed by atoms with E-state index < -0.39 is 11.9 Å². The van der Waals surface area contributed by atoms with Gasteiger partial charge in [0.2, 0.25) is 17.7 Å². The van der Waals surface area contributed by atoms with Gasteiger partial charge in [-0.05, 0) is 132 Å². The van der Waals surface area contributed by atoms with E-state index >= 15 is 0 Å². The number of nitrogens with one attached hydrogen (secondary N) is 3. The van der Waals surface area contributed by atoms with Crippen LogP contribution in [0.3, 0.4) is 0 Å². The molecule has 10 aromatic heterocycles. The molecule has 2 saturated carbocycles. The number of fused-ring (bicyclic) bond motifs is 7. The van der Waals surface area contributed by atoms with Gasteiger partial charge in [0.25, 0.3) is 0 Å². The smallest absolute Gasteiger partial charge is 0.333 e. The van der Waals surface area contributed by atoms with E-state index in [9.17, 15) is 41.1 Å². The summed E-state index contributed by atoms with van der Waals surface area (Å²) in [7, 11) is 1.53. The summed E-state index contributed by atoms with van der Waals surface area (Å²) >= 11 is 0. The van der Waals surface area contributed by atoms with Crippen molar-refractivity contribution in [2.24, 2.45) is 7.05 Å². The van der Waals surface area contributed by atoms with Crippen LogP contribution in [0.25, 0.3) is 85.2 Å². The quantitative estimate of drug-likeness (QED) is 0.0563. The summed E-state index contributed by atoms with van der Waals surface area (Å²) in [5.74, 6) is 4.42. The highest BCUT2D eigenvalue weighted by Gasteiger charge is 2.39. The van der Waals surface area contributed by atoms with Crippen LogP contribution in [0.2, 0.25) is 0 Å². The maximum Gasteiger partial charge on any atom is 0.434 e. The Hall–Kier alpha value is -15.9. The predicted octanol–water partition coefficient (Wildman–Crippen LogP) is 19.3. The third-order valence-corrected chi connectivity index (χ3v) is 27.4. The molecule has 16 heterocycles. The van der Waals surface area contributed by atoms with Crippen molar-refractivity contribution >= 4 is 46.3 Å². The molecule has 736 valence electrons. The topological polar surface area (TPSA) is 311 Å². The Bertz CT molecular complexity index is 7870. The van der Waals surface area contributed by atoms with Crippen LogP contribution in [0.1, 0.15) is 213 Å². The minimum atomic E-state index is -4.51. The molecule has 34 heteroatoms. The summed E-state index contributed by atoms with van der Waals surface area (Å²) in [6.45, 7) is 18.7. The van der Waals surface area contributed by atoms with Crippen molar-refractivity contribution in [2.75, 3.05) is 14.7 Å². The zero-order valence-corrected chi connectivity index (χ0v) is 79.6. The monoisotopic (exact) mass is 1950 g/mol. The Labute approximate surface area is 833 Å². The Morgan fingerprint density at radius 2 is 0.883 bits per heavy atom. The number of anilines is 3. The molecule has 0 radical (unpaired) electrons. The Balaban J connectivity index is 0.000000117. The average molecular weight is 1950 g/mol. The molecule has 29 nitrogen and oxygen atoms in total. The molecule has 7 aromatic carbocycles. The lowest BCUT2D eigenvalue weighted by Crippen LogP contribution is -2.26. The molecular formula is C111H108F5N25O4. The van der Waals surface area contributed by atoms with E-state index in [2.05, 4.69) is 118 Å². The van der Waals surface area contributed by atoms with E-state index in [1.165, 1.54) is 57.4 Å². The first-order chi connectivity index (χ1) is 69.3. The Morgan fingerprint density at radius 1 is 0.428 bits per heavy atom. The molecule has 0 unspecified atom stereocenters. The van der Waals surface area contributed by atoms with Gasteiger partial charge in [-0.3, -0.25) is 43.2 Å². The van der Waals surface area contributed by atoms with Gasteiger partial charge in [0, 0.05) is 168 Å². The summed E-state index contributed by atoms with van der Waals surface area (Å²) in [5.41, 5.74) is 23.8. The van der Waals surface area contributed by atoms with Crippen molar-refractivity contribution in [1.29, 1.82) is 0 Å². The number of aromatic nitrogens is 19. The summed E-state index contributed by atoms with van der Waals surface area (Å²) in [5, 5.41) is 23.7. The Kier molecular flexibility index (Phi) is 26.5. The number of nitrogens with zero attached hydrogens (tertiary/aromatic N) is 22. The number of aryl methyl sites for hydroxylation is 1. The number of pyridine rings is 1. The second-order valence-electron chi connectivity index (χ2n) is 38.3. The van der Waals surface area contributed by atoms with Gasteiger partial charge in [-0.25, -0.2) is 72.5 Å². The van der Waals surface area contributed by atoms with Gasteiger partial charge in [-0.1, -0.05) is 166 Å². The fourth-order valence-corrected chi connectivity index (χ4v) is 19.8. The molecule has 145 heavy (non-hydrogen) atoms. The molecule has 0 bridgehead atoms. The number of rotatable bonds is 21. The van der Waals surface area contributed by atoms with Crippen molar-refractivity contribution in [3.8, 4) is 74.0 Å². The lowest BCUT2D eigenvalue weighted by atomic mass is 9.96. The molecule has 8 aliphatic rings. The van der Waals surface area contributed by atoms with E-state index in [1.807, 2.05) is 145 Å². The van der Waals surface area contributed by atoms with E-state index in [1.54, 1.807) is 85.0 Å². The van der Waals surface area contributed by atoms with E-state index in [0.29, 0.717) is 118 Å². The molecule has 0 atom stereocenters. The third-order valence-electron chi connectivity index (χ3n) is 27.4. The first-order valence-corrected chi connectivity index (χ1v) is 48.2. The zero-order chi connectivity index (χ0) is 98.3. The summed E-state index contributed by atoms with van der Waals surface area (Å²) in [4.78, 5) is 103. The number of hydrogen-bond donors (Lipinski definition) is 3. The van der Waals surface area contributed by atoms with Crippen LogP contribution in [0, 0.1) is 11.6 Å². The van der Waals surface area contributed by atoms with Crippen molar-refractivity contribution < 1.29 is 36.3 Å². The van der Waals surface area contributed by atoms with E-state index in [0.717, 1.165) is 150 Å². The van der Waals surface area contributed by atoms with Gasteiger partial charge < -0.3 is 20.5 Å². The number of benzene rings is 7.